The topological polar surface area (TPSA) is 55.8 Å². The summed E-state index contributed by atoms with van der Waals surface area (Å²) in [5.74, 6) is 0. The number of nitrogens with one attached hydrogen (secondary N) is 1. The zero-order chi connectivity index (χ0) is 12.8. The zero-order valence-electron chi connectivity index (χ0n) is 11.1. The quantitative estimate of drug-likeness (QED) is 0.755. The molecule has 0 spiro atoms. The highest BCUT2D eigenvalue weighted by Crippen LogP contribution is 2.12. The Labute approximate surface area is 104 Å². The second-order valence-electron chi connectivity index (χ2n) is 4.89. The van der Waals surface area contributed by atoms with Crippen molar-refractivity contribution in [3.8, 4) is 0 Å². The highest BCUT2D eigenvalue weighted by atomic mass is 16.3. The Morgan fingerprint density at radius 2 is 2.06 bits per heavy atom. The van der Waals surface area contributed by atoms with Crippen molar-refractivity contribution < 1.29 is 9.90 Å². The van der Waals surface area contributed by atoms with E-state index in [9.17, 15) is 4.79 Å². The van der Waals surface area contributed by atoms with Crippen LogP contribution in [-0.4, -0.2) is 66.8 Å². The van der Waals surface area contributed by atoms with Gasteiger partial charge in [0.1, 0.15) is 0 Å². The van der Waals surface area contributed by atoms with E-state index in [1.54, 1.807) is 19.0 Å². The fraction of sp³-hybridized carbons (Fsp3) is 0.917. The third-order valence-corrected chi connectivity index (χ3v) is 3.33. The molecule has 5 nitrogen and oxygen atoms in total. The lowest BCUT2D eigenvalue weighted by Crippen LogP contribution is -2.50. The van der Waals surface area contributed by atoms with E-state index in [-0.39, 0.29) is 18.7 Å². The van der Waals surface area contributed by atoms with Crippen molar-refractivity contribution in [1.29, 1.82) is 0 Å². The van der Waals surface area contributed by atoms with E-state index in [1.165, 1.54) is 0 Å². The second kappa shape index (κ2) is 6.81. The van der Waals surface area contributed by atoms with Crippen LogP contribution in [0.1, 0.15) is 26.2 Å². The van der Waals surface area contributed by atoms with Gasteiger partial charge in [-0.05, 0) is 19.3 Å². The minimum atomic E-state index is 0.0950. The molecule has 1 atom stereocenters. The van der Waals surface area contributed by atoms with Gasteiger partial charge in [-0.25, -0.2) is 4.79 Å². The minimum absolute atomic E-state index is 0.0950. The molecule has 1 heterocycles. The Morgan fingerprint density at radius 1 is 1.47 bits per heavy atom. The molecule has 0 saturated carbocycles. The molecule has 2 amide bonds. The smallest absolute Gasteiger partial charge is 0.319 e. The molecule has 2 N–H and O–H groups in total. The van der Waals surface area contributed by atoms with Crippen LogP contribution in [0.4, 0.5) is 4.79 Å². The number of hydrogen-bond acceptors (Lipinski definition) is 3. The number of urea groups is 1. The molecule has 5 heteroatoms. The van der Waals surface area contributed by atoms with Crippen LogP contribution in [0.2, 0.25) is 0 Å². The van der Waals surface area contributed by atoms with Gasteiger partial charge in [-0.2, -0.15) is 0 Å². The number of aliphatic hydroxyl groups excluding tert-OH is 1. The van der Waals surface area contributed by atoms with Gasteiger partial charge in [0, 0.05) is 39.3 Å². The van der Waals surface area contributed by atoms with Gasteiger partial charge >= 0.3 is 6.03 Å². The summed E-state index contributed by atoms with van der Waals surface area (Å²) in [5, 5.41) is 12.6. The molecule has 0 radical (unpaired) electrons. The summed E-state index contributed by atoms with van der Waals surface area (Å²) >= 11 is 0. The standard InChI is InChI=1S/C12H25N3O2/c1-4-10(9-16)13-11-5-7-15(8-6-11)12(17)14(2)3/h10-11,13,16H,4-9H2,1-3H3/t10-/m0/s1. The molecule has 1 aliphatic heterocycles. The van der Waals surface area contributed by atoms with E-state index in [2.05, 4.69) is 12.2 Å². The van der Waals surface area contributed by atoms with Crippen LogP contribution in [0, 0.1) is 0 Å². The van der Waals surface area contributed by atoms with Crippen molar-refractivity contribution in [3.05, 3.63) is 0 Å². The molecule has 0 aromatic heterocycles. The Kier molecular flexibility index (Phi) is 5.71. The van der Waals surface area contributed by atoms with Gasteiger partial charge in [-0.1, -0.05) is 6.92 Å². The van der Waals surface area contributed by atoms with E-state index < -0.39 is 0 Å². The average molecular weight is 243 g/mol. The van der Waals surface area contributed by atoms with Crippen molar-refractivity contribution in [2.24, 2.45) is 0 Å². The van der Waals surface area contributed by atoms with Crippen LogP contribution in [0.25, 0.3) is 0 Å². The molecule has 0 bridgehead atoms. The fourth-order valence-electron chi connectivity index (χ4n) is 2.15. The molecular formula is C12H25N3O2. The Morgan fingerprint density at radius 3 is 2.47 bits per heavy atom. The molecule has 0 aromatic rings. The molecule has 0 unspecified atom stereocenters. The number of likely N-dealkylation sites (tertiary alicyclic amines) is 1. The first kappa shape index (κ1) is 14.3. The van der Waals surface area contributed by atoms with Gasteiger partial charge in [-0.15, -0.1) is 0 Å². The predicted octanol–water partition coefficient (Wildman–Crippen LogP) is 0.493. The number of hydrogen-bond donors (Lipinski definition) is 2. The van der Waals surface area contributed by atoms with Crippen LogP contribution >= 0.6 is 0 Å². The minimum Gasteiger partial charge on any atom is -0.395 e. The summed E-state index contributed by atoms with van der Waals surface area (Å²) in [6, 6.07) is 0.715. The van der Waals surface area contributed by atoms with Crippen LogP contribution in [0.5, 0.6) is 0 Å². The van der Waals surface area contributed by atoms with E-state index in [0.29, 0.717) is 6.04 Å². The van der Waals surface area contributed by atoms with Gasteiger partial charge in [0.25, 0.3) is 0 Å². The fourth-order valence-corrected chi connectivity index (χ4v) is 2.15. The molecular weight excluding hydrogens is 218 g/mol. The summed E-state index contributed by atoms with van der Waals surface area (Å²) < 4.78 is 0. The maximum absolute atomic E-state index is 11.7. The number of carbonyl (C=O) groups is 1. The summed E-state index contributed by atoms with van der Waals surface area (Å²) in [6.45, 7) is 3.86. The van der Waals surface area contributed by atoms with Crippen LogP contribution in [0.3, 0.4) is 0 Å². The SMILES string of the molecule is CC[C@@H](CO)NC1CCN(C(=O)N(C)C)CC1. The van der Waals surface area contributed by atoms with E-state index in [0.717, 1.165) is 32.4 Å². The summed E-state index contributed by atoms with van der Waals surface area (Å²) in [5.41, 5.74) is 0. The largest absolute Gasteiger partial charge is 0.395 e. The average Bonchev–Trinajstić information content (AvgIpc) is 2.35. The molecule has 100 valence electrons. The molecule has 0 aliphatic carbocycles. The predicted molar refractivity (Wildman–Crippen MR) is 68.0 cm³/mol. The first-order valence-corrected chi connectivity index (χ1v) is 6.41. The molecule has 1 fully saturated rings. The van der Waals surface area contributed by atoms with Gasteiger partial charge in [0.2, 0.25) is 0 Å². The number of piperidine rings is 1. The molecule has 1 rings (SSSR count). The van der Waals surface area contributed by atoms with Crippen LogP contribution in [0.15, 0.2) is 0 Å². The number of amides is 2. The zero-order valence-corrected chi connectivity index (χ0v) is 11.1. The van der Waals surface area contributed by atoms with Crippen LogP contribution in [-0.2, 0) is 0 Å². The first-order chi connectivity index (χ1) is 8.08. The third kappa shape index (κ3) is 4.16. The lowest BCUT2D eigenvalue weighted by molar-refractivity contribution is 0.145. The monoisotopic (exact) mass is 243 g/mol. The lowest BCUT2D eigenvalue weighted by atomic mass is 10.0. The number of carbonyl (C=O) groups excluding carboxylic acids is 1. The highest BCUT2D eigenvalue weighted by Gasteiger charge is 2.24. The summed E-state index contributed by atoms with van der Waals surface area (Å²) in [4.78, 5) is 15.2. The first-order valence-electron chi connectivity index (χ1n) is 6.41. The molecule has 1 saturated heterocycles. The van der Waals surface area contributed by atoms with E-state index in [1.807, 2.05) is 4.90 Å². The van der Waals surface area contributed by atoms with Crippen LogP contribution < -0.4 is 5.32 Å². The maximum Gasteiger partial charge on any atom is 0.319 e. The highest BCUT2D eigenvalue weighted by molar-refractivity contribution is 5.73. The summed E-state index contributed by atoms with van der Waals surface area (Å²) in [7, 11) is 3.57. The van der Waals surface area contributed by atoms with Gasteiger partial charge in [-0.3, -0.25) is 0 Å². The number of nitrogens with zero attached hydrogens (tertiary/aromatic N) is 2. The number of aliphatic hydroxyl groups is 1. The Bertz CT molecular complexity index is 234. The lowest BCUT2D eigenvalue weighted by Gasteiger charge is -2.35. The normalized spacial score (nSPS) is 19.2. The maximum atomic E-state index is 11.7. The van der Waals surface area contributed by atoms with Crippen molar-refractivity contribution in [1.82, 2.24) is 15.1 Å². The molecule has 17 heavy (non-hydrogen) atoms. The van der Waals surface area contributed by atoms with Gasteiger partial charge in [0.15, 0.2) is 0 Å². The van der Waals surface area contributed by atoms with E-state index in [4.69, 9.17) is 5.11 Å². The van der Waals surface area contributed by atoms with Crippen molar-refractivity contribution in [2.75, 3.05) is 33.8 Å². The Hall–Kier alpha value is -0.810. The van der Waals surface area contributed by atoms with Crippen molar-refractivity contribution in [2.45, 2.75) is 38.3 Å². The molecule has 0 aromatic carbocycles. The second-order valence-corrected chi connectivity index (χ2v) is 4.89. The van der Waals surface area contributed by atoms with Gasteiger partial charge in [0.05, 0.1) is 6.61 Å². The van der Waals surface area contributed by atoms with E-state index >= 15 is 0 Å². The number of rotatable bonds is 4. The molecule has 1 aliphatic rings. The third-order valence-electron chi connectivity index (χ3n) is 3.33. The van der Waals surface area contributed by atoms with Crippen molar-refractivity contribution in [3.63, 3.8) is 0 Å². The van der Waals surface area contributed by atoms with Gasteiger partial charge < -0.3 is 20.2 Å². The summed E-state index contributed by atoms with van der Waals surface area (Å²) in [6.07, 6.45) is 2.87. The van der Waals surface area contributed by atoms with Crippen molar-refractivity contribution >= 4 is 6.03 Å². The Balaban J connectivity index is 2.33.